The first-order chi connectivity index (χ1) is 8.22. The number of benzene rings is 1. The van der Waals surface area contributed by atoms with Crippen molar-refractivity contribution >= 4 is 0 Å². The summed E-state index contributed by atoms with van der Waals surface area (Å²) < 4.78 is 0. The third-order valence-corrected chi connectivity index (χ3v) is 4.85. The molecule has 0 spiro atoms. The summed E-state index contributed by atoms with van der Waals surface area (Å²) in [6, 6.07) is 8.63. The highest BCUT2D eigenvalue weighted by molar-refractivity contribution is 5.36. The molecule has 3 rings (SSSR count). The number of likely N-dealkylation sites (N-methyl/N-ethyl adjacent to an activating group) is 1. The lowest BCUT2D eigenvalue weighted by Gasteiger charge is -2.41. The molecule has 1 aliphatic carbocycles. The highest BCUT2D eigenvalue weighted by Gasteiger charge is 2.48. The fourth-order valence-corrected chi connectivity index (χ4v) is 3.98. The third-order valence-electron chi connectivity index (χ3n) is 4.85. The Hall–Kier alpha value is -1.02. The zero-order valence-corrected chi connectivity index (χ0v) is 10.5. The fraction of sp³-hybridized carbons (Fsp3) is 0.600. The molecule has 2 aliphatic rings. The van der Waals surface area contributed by atoms with Crippen molar-refractivity contribution in [2.75, 3.05) is 13.6 Å². The predicted molar refractivity (Wildman–Crippen MR) is 69.3 cm³/mol. The van der Waals surface area contributed by atoms with Crippen LogP contribution in [-0.4, -0.2) is 29.6 Å². The normalized spacial score (nSPS) is 33.6. The Kier molecular flexibility index (Phi) is 2.62. The monoisotopic (exact) mass is 231 g/mol. The molecular weight excluding hydrogens is 210 g/mol. The van der Waals surface area contributed by atoms with Crippen LogP contribution >= 0.6 is 0 Å². The molecule has 2 atom stereocenters. The number of phenolic OH excluding ortho intramolecular Hbond substituents is 1. The maximum atomic E-state index is 9.71. The van der Waals surface area contributed by atoms with E-state index in [0.717, 1.165) is 0 Å². The molecule has 1 N–H and O–H groups in total. The van der Waals surface area contributed by atoms with Crippen LogP contribution in [0.5, 0.6) is 5.75 Å². The lowest BCUT2D eigenvalue weighted by Crippen LogP contribution is -2.43. The van der Waals surface area contributed by atoms with E-state index in [9.17, 15) is 5.11 Å². The average molecular weight is 231 g/mol. The third kappa shape index (κ3) is 1.66. The van der Waals surface area contributed by atoms with Crippen LogP contribution in [-0.2, 0) is 5.41 Å². The smallest absolute Gasteiger partial charge is 0.115 e. The summed E-state index contributed by atoms with van der Waals surface area (Å²) in [5.41, 5.74) is 1.66. The number of hydrogen-bond acceptors (Lipinski definition) is 2. The zero-order valence-electron chi connectivity index (χ0n) is 10.5. The molecule has 0 radical (unpaired) electrons. The summed E-state index contributed by atoms with van der Waals surface area (Å²) in [4.78, 5) is 2.52. The standard InChI is InChI=1S/C15H21NO/c1-16-10-9-15(8-3-2-7-14(15)16)12-5-4-6-13(17)11-12/h4-6,11,14,17H,2-3,7-10H2,1H3/t14-,15-/m1/s1. The Bertz CT molecular complexity index is 413. The van der Waals surface area contributed by atoms with Crippen LogP contribution in [0.4, 0.5) is 0 Å². The van der Waals surface area contributed by atoms with Gasteiger partial charge in [0.1, 0.15) is 5.75 Å². The second-order valence-electron chi connectivity index (χ2n) is 5.70. The summed E-state index contributed by atoms with van der Waals surface area (Å²) in [5, 5.41) is 9.71. The highest BCUT2D eigenvalue weighted by Crippen LogP contribution is 2.48. The second-order valence-corrected chi connectivity index (χ2v) is 5.70. The summed E-state index contributed by atoms with van der Waals surface area (Å²) in [6.45, 7) is 1.19. The lowest BCUT2D eigenvalue weighted by atomic mass is 9.66. The van der Waals surface area contributed by atoms with Gasteiger partial charge in [-0.3, -0.25) is 0 Å². The molecule has 17 heavy (non-hydrogen) atoms. The first kappa shape index (κ1) is 11.1. The van der Waals surface area contributed by atoms with Gasteiger partial charge in [-0.15, -0.1) is 0 Å². The number of fused-ring (bicyclic) bond motifs is 1. The predicted octanol–water partition coefficient (Wildman–Crippen LogP) is 2.91. The van der Waals surface area contributed by atoms with Crippen LogP contribution in [0, 0.1) is 0 Å². The summed E-state index contributed by atoms with van der Waals surface area (Å²) in [7, 11) is 2.25. The average Bonchev–Trinajstić information content (AvgIpc) is 2.69. The molecule has 2 heteroatoms. The molecule has 0 aromatic heterocycles. The van der Waals surface area contributed by atoms with E-state index >= 15 is 0 Å². The van der Waals surface area contributed by atoms with E-state index in [2.05, 4.69) is 18.0 Å². The molecule has 1 aromatic carbocycles. The Balaban J connectivity index is 2.03. The minimum atomic E-state index is 0.311. The molecule has 0 amide bonds. The van der Waals surface area contributed by atoms with Gasteiger partial charge in [-0.1, -0.05) is 25.0 Å². The molecule has 1 aliphatic heterocycles. The van der Waals surface area contributed by atoms with E-state index in [4.69, 9.17) is 0 Å². The molecule has 1 heterocycles. The summed E-state index contributed by atoms with van der Waals surface area (Å²) in [6.07, 6.45) is 6.53. The number of nitrogens with zero attached hydrogens (tertiary/aromatic N) is 1. The number of likely N-dealkylation sites (tertiary alicyclic amines) is 1. The first-order valence-corrected chi connectivity index (χ1v) is 6.72. The Morgan fingerprint density at radius 1 is 1.29 bits per heavy atom. The van der Waals surface area contributed by atoms with Gasteiger partial charge in [0.05, 0.1) is 0 Å². The lowest BCUT2D eigenvalue weighted by molar-refractivity contribution is 0.181. The van der Waals surface area contributed by atoms with Crippen molar-refractivity contribution in [2.24, 2.45) is 0 Å². The molecule has 1 saturated heterocycles. The van der Waals surface area contributed by atoms with E-state index < -0.39 is 0 Å². The topological polar surface area (TPSA) is 23.5 Å². The minimum absolute atomic E-state index is 0.311. The Morgan fingerprint density at radius 3 is 3.00 bits per heavy atom. The van der Waals surface area contributed by atoms with E-state index in [1.807, 2.05) is 12.1 Å². The molecule has 0 bridgehead atoms. The molecule has 2 fully saturated rings. The molecule has 1 aromatic rings. The van der Waals surface area contributed by atoms with Gasteiger partial charge in [0, 0.05) is 11.5 Å². The van der Waals surface area contributed by atoms with Crippen LogP contribution < -0.4 is 0 Å². The molecular formula is C15H21NO. The molecule has 1 saturated carbocycles. The minimum Gasteiger partial charge on any atom is -0.508 e. The van der Waals surface area contributed by atoms with Crippen molar-refractivity contribution in [3.8, 4) is 5.75 Å². The van der Waals surface area contributed by atoms with Gasteiger partial charge in [-0.05, 0) is 50.6 Å². The van der Waals surface area contributed by atoms with Crippen LogP contribution in [0.2, 0.25) is 0 Å². The van der Waals surface area contributed by atoms with Gasteiger partial charge in [0.15, 0.2) is 0 Å². The molecule has 2 nitrogen and oxygen atoms in total. The van der Waals surface area contributed by atoms with E-state index in [1.54, 1.807) is 6.07 Å². The molecule has 0 unspecified atom stereocenters. The van der Waals surface area contributed by atoms with E-state index in [0.29, 0.717) is 17.2 Å². The second kappa shape index (κ2) is 4.02. The van der Waals surface area contributed by atoms with Gasteiger partial charge in [0.25, 0.3) is 0 Å². The van der Waals surface area contributed by atoms with Crippen LogP contribution in [0.3, 0.4) is 0 Å². The van der Waals surface area contributed by atoms with Gasteiger partial charge in [0.2, 0.25) is 0 Å². The van der Waals surface area contributed by atoms with Crippen molar-refractivity contribution in [3.05, 3.63) is 29.8 Å². The largest absolute Gasteiger partial charge is 0.508 e. The van der Waals surface area contributed by atoms with Crippen molar-refractivity contribution in [1.82, 2.24) is 4.90 Å². The van der Waals surface area contributed by atoms with Gasteiger partial charge in [-0.25, -0.2) is 0 Å². The van der Waals surface area contributed by atoms with Crippen LogP contribution in [0.1, 0.15) is 37.7 Å². The Morgan fingerprint density at radius 2 is 2.18 bits per heavy atom. The number of phenols is 1. The zero-order chi connectivity index (χ0) is 11.9. The van der Waals surface area contributed by atoms with E-state index in [1.165, 1.54) is 44.2 Å². The highest BCUT2D eigenvalue weighted by atomic mass is 16.3. The quantitative estimate of drug-likeness (QED) is 0.803. The number of hydrogen-bond donors (Lipinski definition) is 1. The van der Waals surface area contributed by atoms with Crippen LogP contribution in [0.25, 0.3) is 0 Å². The van der Waals surface area contributed by atoms with Gasteiger partial charge >= 0.3 is 0 Å². The molecule has 92 valence electrons. The maximum absolute atomic E-state index is 9.71. The summed E-state index contributed by atoms with van der Waals surface area (Å²) >= 11 is 0. The van der Waals surface area contributed by atoms with Crippen molar-refractivity contribution < 1.29 is 5.11 Å². The van der Waals surface area contributed by atoms with Crippen molar-refractivity contribution in [2.45, 2.75) is 43.6 Å². The van der Waals surface area contributed by atoms with Gasteiger partial charge in [-0.2, -0.15) is 0 Å². The maximum Gasteiger partial charge on any atom is 0.115 e. The first-order valence-electron chi connectivity index (χ1n) is 6.72. The Labute approximate surface area is 103 Å². The number of rotatable bonds is 1. The van der Waals surface area contributed by atoms with Gasteiger partial charge < -0.3 is 10.0 Å². The SMILES string of the molecule is CN1CC[C@@]2(c3cccc(O)c3)CCCC[C@@H]12. The van der Waals surface area contributed by atoms with Crippen molar-refractivity contribution in [1.29, 1.82) is 0 Å². The number of aromatic hydroxyl groups is 1. The van der Waals surface area contributed by atoms with Crippen LogP contribution in [0.15, 0.2) is 24.3 Å². The van der Waals surface area contributed by atoms with Crippen molar-refractivity contribution in [3.63, 3.8) is 0 Å². The fourth-order valence-electron chi connectivity index (χ4n) is 3.98. The van der Waals surface area contributed by atoms with E-state index in [-0.39, 0.29) is 0 Å². The summed E-state index contributed by atoms with van der Waals surface area (Å²) in [5.74, 6) is 0.413.